The van der Waals surface area contributed by atoms with E-state index in [1.54, 1.807) is 0 Å². The van der Waals surface area contributed by atoms with E-state index in [0.717, 1.165) is 16.9 Å². The highest BCUT2D eigenvalue weighted by molar-refractivity contribution is 9.10. The lowest BCUT2D eigenvalue weighted by atomic mass is 9.87. The van der Waals surface area contributed by atoms with Crippen LogP contribution in [0, 0.1) is 5.92 Å². The molecule has 0 amide bonds. The molecule has 1 aromatic carbocycles. The Kier molecular flexibility index (Phi) is 4.70. The molecule has 0 radical (unpaired) electrons. The number of benzene rings is 1. The van der Waals surface area contributed by atoms with Crippen LogP contribution in [0.1, 0.15) is 38.5 Å². The van der Waals surface area contributed by atoms with Crippen molar-refractivity contribution in [3.8, 4) is 0 Å². The Morgan fingerprint density at radius 1 is 1.06 bits per heavy atom. The number of nitrogens with one attached hydrogen (secondary N) is 1. The molecule has 0 saturated heterocycles. The summed E-state index contributed by atoms with van der Waals surface area (Å²) in [4.78, 5) is 0. The van der Waals surface area contributed by atoms with Crippen LogP contribution < -0.4 is 5.32 Å². The van der Waals surface area contributed by atoms with Gasteiger partial charge in [-0.25, -0.2) is 0 Å². The molecule has 1 nitrogen and oxygen atoms in total. The normalized spacial score (nSPS) is 17.3. The van der Waals surface area contributed by atoms with Gasteiger partial charge in [-0.1, -0.05) is 48.0 Å². The van der Waals surface area contributed by atoms with Crippen molar-refractivity contribution in [2.24, 2.45) is 5.92 Å². The van der Waals surface area contributed by atoms with Gasteiger partial charge in [0.15, 0.2) is 0 Å². The lowest BCUT2D eigenvalue weighted by Gasteiger charge is -2.21. The van der Waals surface area contributed by atoms with E-state index in [-0.39, 0.29) is 0 Å². The molecule has 0 heterocycles. The molecule has 0 aromatic heterocycles. The van der Waals surface area contributed by atoms with E-state index in [4.69, 9.17) is 0 Å². The van der Waals surface area contributed by atoms with E-state index in [9.17, 15) is 0 Å². The molecule has 1 aliphatic rings. The summed E-state index contributed by atoms with van der Waals surface area (Å²) >= 11 is 3.45. The predicted octanol–water partition coefficient (Wildman–Crippen LogP) is 4.83. The van der Waals surface area contributed by atoms with Crippen LogP contribution in [0.5, 0.6) is 0 Å². The van der Waals surface area contributed by atoms with Crippen molar-refractivity contribution in [2.45, 2.75) is 38.5 Å². The third kappa shape index (κ3) is 3.82. The van der Waals surface area contributed by atoms with Gasteiger partial charge in [-0.2, -0.15) is 0 Å². The van der Waals surface area contributed by atoms with Crippen molar-refractivity contribution >= 4 is 21.6 Å². The van der Waals surface area contributed by atoms with E-state index in [1.165, 1.54) is 44.2 Å². The SMILES string of the molecule is Brc1ccc(NCCC2CCCCC2)cc1. The summed E-state index contributed by atoms with van der Waals surface area (Å²) in [7, 11) is 0. The topological polar surface area (TPSA) is 12.0 Å². The van der Waals surface area contributed by atoms with Crippen LogP contribution in [0.25, 0.3) is 0 Å². The number of hydrogen-bond donors (Lipinski definition) is 1. The zero-order valence-electron chi connectivity index (χ0n) is 9.71. The summed E-state index contributed by atoms with van der Waals surface area (Å²) in [6, 6.07) is 8.43. The first-order valence-corrected chi connectivity index (χ1v) is 7.13. The highest BCUT2D eigenvalue weighted by atomic mass is 79.9. The first kappa shape index (κ1) is 12.0. The van der Waals surface area contributed by atoms with Crippen LogP contribution >= 0.6 is 15.9 Å². The Labute approximate surface area is 107 Å². The zero-order chi connectivity index (χ0) is 11.2. The lowest BCUT2D eigenvalue weighted by Crippen LogP contribution is -2.12. The van der Waals surface area contributed by atoms with E-state index in [2.05, 4.69) is 45.5 Å². The molecule has 2 heteroatoms. The van der Waals surface area contributed by atoms with Crippen LogP contribution in [0.15, 0.2) is 28.7 Å². The Balaban J connectivity index is 1.69. The van der Waals surface area contributed by atoms with Crippen molar-refractivity contribution in [2.75, 3.05) is 11.9 Å². The van der Waals surface area contributed by atoms with Crippen molar-refractivity contribution < 1.29 is 0 Å². The third-order valence-corrected chi connectivity index (χ3v) is 3.98. The zero-order valence-corrected chi connectivity index (χ0v) is 11.3. The average molecular weight is 282 g/mol. The molecule has 16 heavy (non-hydrogen) atoms. The smallest absolute Gasteiger partial charge is 0.0340 e. The van der Waals surface area contributed by atoms with Crippen LogP contribution in [0.2, 0.25) is 0 Å². The molecule has 1 aromatic rings. The molecule has 0 unspecified atom stereocenters. The number of anilines is 1. The van der Waals surface area contributed by atoms with Crippen molar-refractivity contribution in [3.05, 3.63) is 28.7 Å². The monoisotopic (exact) mass is 281 g/mol. The second-order valence-electron chi connectivity index (χ2n) is 4.73. The van der Waals surface area contributed by atoms with E-state index >= 15 is 0 Å². The molecule has 0 bridgehead atoms. The fraction of sp³-hybridized carbons (Fsp3) is 0.571. The highest BCUT2D eigenvalue weighted by Crippen LogP contribution is 2.26. The van der Waals surface area contributed by atoms with Crippen LogP contribution in [-0.2, 0) is 0 Å². The Morgan fingerprint density at radius 2 is 1.75 bits per heavy atom. The van der Waals surface area contributed by atoms with Crippen molar-refractivity contribution in [1.29, 1.82) is 0 Å². The Bertz CT molecular complexity index is 301. The standard InChI is InChI=1S/C14H20BrN/c15-13-6-8-14(9-7-13)16-11-10-12-4-2-1-3-5-12/h6-9,12,16H,1-5,10-11H2. The van der Waals surface area contributed by atoms with Crippen molar-refractivity contribution in [3.63, 3.8) is 0 Å². The van der Waals surface area contributed by atoms with Gasteiger partial charge in [-0.3, -0.25) is 0 Å². The van der Waals surface area contributed by atoms with Gasteiger partial charge in [-0.15, -0.1) is 0 Å². The number of hydrogen-bond acceptors (Lipinski definition) is 1. The van der Waals surface area contributed by atoms with E-state index < -0.39 is 0 Å². The molecule has 1 aliphatic carbocycles. The molecule has 0 spiro atoms. The van der Waals surface area contributed by atoms with Gasteiger partial charge >= 0.3 is 0 Å². The van der Waals surface area contributed by atoms with Gasteiger partial charge in [0.2, 0.25) is 0 Å². The van der Waals surface area contributed by atoms with Crippen LogP contribution in [0.3, 0.4) is 0 Å². The second-order valence-corrected chi connectivity index (χ2v) is 5.64. The van der Waals surface area contributed by atoms with E-state index in [0.29, 0.717) is 0 Å². The number of rotatable bonds is 4. The summed E-state index contributed by atoms with van der Waals surface area (Å²) in [5.41, 5.74) is 1.24. The Morgan fingerprint density at radius 3 is 2.44 bits per heavy atom. The lowest BCUT2D eigenvalue weighted by molar-refractivity contribution is 0.345. The van der Waals surface area contributed by atoms with Gasteiger partial charge in [0.25, 0.3) is 0 Å². The minimum Gasteiger partial charge on any atom is -0.385 e. The quantitative estimate of drug-likeness (QED) is 0.834. The molecule has 1 N–H and O–H groups in total. The van der Waals surface area contributed by atoms with Gasteiger partial charge in [0, 0.05) is 16.7 Å². The summed E-state index contributed by atoms with van der Waals surface area (Å²) in [6.07, 6.45) is 8.57. The first-order valence-electron chi connectivity index (χ1n) is 6.34. The van der Waals surface area contributed by atoms with Gasteiger partial charge in [0.1, 0.15) is 0 Å². The van der Waals surface area contributed by atoms with Crippen LogP contribution in [-0.4, -0.2) is 6.54 Å². The second kappa shape index (κ2) is 6.29. The average Bonchev–Trinajstić information content (AvgIpc) is 2.33. The minimum absolute atomic E-state index is 0.969. The largest absolute Gasteiger partial charge is 0.385 e. The van der Waals surface area contributed by atoms with E-state index in [1.807, 2.05) is 0 Å². The molecule has 0 aliphatic heterocycles. The molecular formula is C14H20BrN. The van der Waals surface area contributed by atoms with Gasteiger partial charge in [0.05, 0.1) is 0 Å². The summed E-state index contributed by atoms with van der Waals surface area (Å²) in [6.45, 7) is 1.12. The fourth-order valence-corrected chi connectivity index (χ4v) is 2.73. The molecular weight excluding hydrogens is 262 g/mol. The van der Waals surface area contributed by atoms with Crippen molar-refractivity contribution in [1.82, 2.24) is 0 Å². The first-order chi connectivity index (χ1) is 7.84. The molecule has 0 atom stereocenters. The minimum atomic E-state index is 0.969. The third-order valence-electron chi connectivity index (χ3n) is 3.45. The molecule has 88 valence electrons. The van der Waals surface area contributed by atoms with Gasteiger partial charge < -0.3 is 5.32 Å². The fourth-order valence-electron chi connectivity index (χ4n) is 2.46. The molecule has 2 rings (SSSR count). The maximum atomic E-state index is 3.50. The maximum absolute atomic E-state index is 3.50. The van der Waals surface area contributed by atoms with Gasteiger partial charge in [-0.05, 0) is 36.6 Å². The summed E-state index contributed by atoms with van der Waals surface area (Å²) in [5, 5.41) is 3.50. The number of halogens is 1. The molecule has 1 saturated carbocycles. The highest BCUT2D eigenvalue weighted by Gasteiger charge is 2.12. The summed E-state index contributed by atoms with van der Waals surface area (Å²) in [5.74, 6) is 0.969. The summed E-state index contributed by atoms with van der Waals surface area (Å²) < 4.78 is 1.14. The predicted molar refractivity (Wildman–Crippen MR) is 73.8 cm³/mol. The maximum Gasteiger partial charge on any atom is 0.0340 e. The van der Waals surface area contributed by atoms with Crippen LogP contribution in [0.4, 0.5) is 5.69 Å². The molecule has 1 fully saturated rings. The Hall–Kier alpha value is -0.500.